The zero-order valence-electron chi connectivity index (χ0n) is 15.7. The van der Waals surface area contributed by atoms with Crippen molar-refractivity contribution in [3.8, 4) is 11.5 Å². The first kappa shape index (κ1) is 22.0. The van der Waals surface area contributed by atoms with E-state index in [-0.39, 0.29) is 0 Å². The van der Waals surface area contributed by atoms with Crippen LogP contribution in [-0.4, -0.2) is 36.9 Å². The minimum atomic E-state index is -1.06. The van der Waals surface area contributed by atoms with Gasteiger partial charge < -0.3 is 14.6 Å². The van der Waals surface area contributed by atoms with Crippen LogP contribution < -0.4 is 14.9 Å². The van der Waals surface area contributed by atoms with E-state index in [1.54, 1.807) is 18.2 Å². The zero-order chi connectivity index (χ0) is 21.7. The van der Waals surface area contributed by atoms with E-state index >= 15 is 0 Å². The third kappa shape index (κ3) is 5.28. The Morgan fingerprint density at radius 1 is 1.20 bits per heavy atom. The molecule has 3 aromatic carbocycles. The molecule has 0 aliphatic carbocycles. The van der Waals surface area contributed by atoms with Gasteiger partial charge in [0, 0.05) is 0 Å². The number of aliphatic carboxylic acids is 1. The largest absolute Gasteiger partial charge is 0.496 e. The summed E-state index contributed by atoms with van der Waals surface area (Å²) in [6, 6.07) is 14.7. The fourth-order valence-electron chi connectivity index (χ4n) is 2.72. The van der Waals surface area contributed by atoms with E-state index in [0.717, 1.165) is 10.8 Å². The lowest BCUT2D eigenvalue weighted by Gasteiger charge is -2.10. The molecule has 7 nitrogen and oxygen atoms in total. The molecule has 0 aliphatic rings. The van der Waals surface area contributed by atoms with Crippen LogP contribution in [0.25, 0.3) is 10.8 Å². The molecule has 0 unspecified atom stereocenters. The summed E-state index contributed by atoms with van der Waals surface area (Å²) in [6.45, 7) is -0.439. The number of carbonyl (C=O) groups is 2. The van der Waals surface area contributed by atoms with E-state index in [0.29, 0.717) is 30.7 Å². The lowest BCUT2D eigenvalue weighted by atomic mass is 10.1. The molecule has 3 rings (SSSR count). The lowest BCUT2D eigenvalue weighted by Crippen LogP contribution is -2.18. The van der Waals surface area contributed by atoms with Crippen molar-refractivity contribution >= 4 is 67.4 Å². The molecular weight excluding hydrogens is 567 g/mol. The van der Waals surface area contributed by atoms with Crippen LogP contribution in [0.2, 0.25) is 0 Å². The molecule has 0 heterocycles. The number of amides is 1. The number of hydrogen-bond donors (Lipinski definition) is 2. The van der Waals surface area contributed by atoms with Crippen LogP contribution >= 0.6 is 38.5 Å². The topological polar surface area (TPSA) is 97.2 Å². The lowest BCUT2D eigenvalue weighted by molar-refractivity contribution is -0.139. The molecule has 0 saturated heterocycles. The molecule has 1 amide bonds. The van der Waals surface area contributed by atoms with Gasteiger partial charge in [0.25, 0.3) is 5.91 Å². The number of fused-ring (bicyclic) bond motifs is 1. The predicted molar refractivity (Wildman–Crippen MR) is 126 cm³/mol. The Labute approximate surface area is 194 Å². The predicted octanol–water partition coefficient (Wildman–Crippen LogP) is 4.44. The first-order chi connectivity index (χ1) is 14.4. The SMILES string of the molecule is COc1cc2ccccc2cc1C(=O)N/N=C\c1cc(Br)c(OCC(=O)O)c(I)c1. The van der Waals surface area contributed by atoms with Gasteiger partial charge >= 0.3 is 5.97 Å². The average Bonchev–Trinajstić information content (AvgIpc) is 2.71. The molecule has 30 heavy (non-hydrogen) atoms. The third-order valence-electron chi connectivity index (χ3n) is 4.05. The Morgan fingerprint density at radius 2 is 1.90 bits per heavy atom. The molecule has 3 aromatic rings. The zero-order valence-corrected chi connectivity index (χ0v) is 19.4. The van der Waals surface area contributed by atoms with Crippen LogP contribution in [0.1, 0.15) is 15.9 Å². The maximum absolute atomic E-state index is 12.6. The Balaban J connectivity index is 1.76. The number of nitrogens with one attached hydrogen (secondary N) is 1. The standard InChI is InChI=1S/C21H16BrIN2O5/c1-29-18-9-14-5-3-2-4-13(14)8-15(18)21(28)25-24-10-12-6-16(22)20(17(23)7-12)30-11-19(26)27/h2-10H,11H2,1H3,(H,25,28)(H,26,27)/b24-10-. The summed E-state index contributed by atoms with van der Waals surface area (Å²) in [5, 5.41) is 14.7. The summed E-state index contributed by atoms with van der Waals surface area (Å²) in [4.78, 5) is 23.3. The molecule has 0 fully saturated rings. The fraction of sp³-hybridized carbons (Fsp3) is 0.0952. The van der Waals surface area contributed by atoms with Crippen LogP contribution in [0.15, 0.2) is 58.1 Å². The molecular formula is C21H16BrIN2O5. The summed E-state index contributed by atoms with van der Waals surface area (Å²) in [5.74, 6) is -0.571. The number of carboxylic acid groups (broad SMARTS) is 1. The second-order valence-electron chi connectivity index (χ2n) is 6.09. The van der Waals surface area contributed by atoms with Gasteiger partial charge in [-0.05, 0) is 79.1 Å². The highest BCUT2D eigenvalue weighted by molar-refractivity contribution is 14.1. The van der Waals surface area contributed by atoms with Crippen molar-refractivity contribution in [3.63, 3.8) is 0 Å². The Hall–Kier alpha value is -2.66. The van der Waals surface area contributed by atoms with Gasteiger partial charge in [-0.1, -0.05) is 24.3 Å². The molecule has 9 heteroatoms. The number of nitrogens with zero attached hydrogens (tertiary/aromatic N) is 1. The van der Waals surface area contributed by atoms with Crippen LogP contribution in [0.5, 0.6) is 11.5 Å². The number of rotatable bonds is 7. The first-order valence-electron chi connectivity index (χ1n) is 8.63. The monoisotopic (exact) mass is 582 g/mol. The van der Waals surface area contributed by atoms with E-state index in [2.05, 4.69) is 26.5 Å². The molecule has 2 N–H and O–H groups in total. The highest BCUT2D eigenvalue weighted by Gasteiger charge is 2.14. The van der Waals surface area contributed by atoms with Gasteiger partial charge in [0.15, 0.2) is 6.61 Å². The van der Waals surface area contributed by atoms with Crippen molar-refractivity contribution in [1.29, 1.82) is 0 Å². The molecule has 0 aromatic heterocycles. The van der Waals surface area contributed by atoms with Gasteiger partial charge in [-0.25, -0.2) is 10.2 Å². The van der Waals surface area contributed by atoms with Gasteiger partial charge in [-0.2, -0.15) is 5.10 Å². The normalized spacial score (nSPS) is 10.9. The van der Waals surface area contributed by atoms with Gasteiger partial charge in [-0.3, -0.25) is 4.79 Å². The number of carboxylic acids is 1. The minimum absolute atomic E-state index is 0.376. The van der Waals surface area contributed by atoms with Crippen molar-refractivity contribution in [2.45, 2.75) is 0 Å². The number of carbonyl (C=O) groups excluding carboxylic acids is 1. The highest BCUT2D eigenvalue weighted by Crippen LogP contribution is 2.31. The van der Waals surface area contributed by atoms with Crippen LogP contribution in [-0.2, 0) is 4.79 Å². The van der Waals surface area contributed by atoms with Crippen LogP contribution in [0, 0.1) is 3.57 Å². The summed E-state index contributed by atoms with van der Waals surface area (Å²) < 4.78 is 11.9. The second-order valence-corrected chi connectivity index (χ2v) is 8.11. The molecule has 0 saturated carbocycles. The number of ether oxygens (including phenoxy) is 2. The summed E-state index contributed by atoms with van der Waals surface area (Å²) in [5.41, 5.74) is 3.57. The minimum Gasteiger partial charge on any atom is -0.496 e. The average molecular weight is 583 g/mol. The van der Waals surface area contributed by atoms with Crippen molar-refractivity contribution in [2.24, 2.45) is 5.10 Å². The van der Waals surface area contributed by atoms with Crippen LogP contribution in [0.3, 0.4) is 0 Å². The Morgan fingerprint density at radius 3 is 2.53 bits per heavy atom. The first-order valence-corrected chi connectivity index (χ1v) is 10.5. The fourth-order valence-corrected chi connectivity index (χ4v) is 4.49. The van der Waals surface area contributed by atoms with Crippen molar-refractivity contribution in [3.05, 3.63) is 67.7 Å². The number of halogens is 2. The number of hydrogen-bond acceptors (Lipinski definition) is 5. The maximum Gasteiger partial charge on any atom is 0.341 e. The van der Waals surface area contributed by atoms with Crippen LogP contribution in [0.4, 0.5) is 0 Å². The summed E-state index contributed by atoms with van der Waals surface area (Å²) >= 11 is 5.40. The Bertz CT molecular complexity index is 1130. The Kier molecular flexibility index (Phi) is 7.27. The smallest absolute Gasteiger partial charge is 0.341 e. The van der Waals surface area contributed by atoms with E-state index in [1.807, 2.05) is 52.9 Å². The molecule has 0 spiro atoms. The van der Waals surface area contributed by atoms with Gasteiger partial charge in [0.05, 0.1) is 26.9 Å². The van der Waals surface area contributed by atoms with E-state index in [1.165, 1.54) is 13.3 Å². The molecule has 0 aliphatic heterocycles. The maximum atomic E-state index is 12.6. The van der Waals surface area contributed by atoms with Crippen molar-refractivity contribution in [1.82, 2.24) is 5.43 Å². The quantitative estimate of drug-likeness (QED) is 0.244. The highest BCUT2D eigenvalue weighted by atomic mass is 127. The van der Waals surface area contributed by atoms with E-state index in [9.17, 15) is 9.59 Å². The third-order valence-corrected chi connectivity index (χ3v) is 5.44. The van der Waals surface area contributed by atoms with Gasteiger partial charge in [0.1, 0.15) is 11.5 Å². The van der Waals surface area contributed by atoms with Crippen molar-refractivity contribution in [2.75, 3.05) is 13.7 Å². The summed E-state index contributed by atoms with van der Waals surface area (Å²) in [7, 11) is 1.51. The molecule has 0 atom stereocenters. The van der Waals surface area contributed by atoms with Crippen molar-refractivity contribution < 1.29 is 24.2 Å². The molecule has 154 valence electrons. The van der Waals surface area contributed by atoms with E-state index < -0.39 is 18.5 Å². The number of methoxy groups -OCH3 is 1. The second kappa shape index (κ2) is 9.90. The summed E-state index contributed by atoms with van der Waals surface area (Å²) in [6.07, 6.45) is 1.49. The molecule has 0 radical (unpaired) electrons. The number of hydrazone groups is 1. The van der Waals surface area contributed by atoms with Gasteiger partial charge in [-0.15, -0.1) is 0 Å². The van der Waals surface area contributed by atoms with Gasteiger partial charge in [0.2, 0.25) is 0 Å². The van der Waals surface area contributed by atoms with E-state index in [4.69, 9.17) is 14.6 Å². The number of benzene rings is 3. The molecule has 0 bridgehead atoms.